The molecule has 0 aliphatic carbocycles. The van der Waals surface area contributed by atoms with Crippen LogP contribution in [0.3, 0.4) is 0 Å². The quantitative estimate of drug-likeness (QED) is 0.174. The second-order valence-corrected chi connectivity index (χ2v) is 8.64. The van der Waals surface area contributed by atoms with Crippen molar-refractivity contribution >= 4 is 40.6 Å². The van der Waals surface area contributed by atoms with E-state index in [1.54, 1.807) is 12.1 Å². The Morgan fingerprint density at radius 1 is 1.08 bits per heavy atom. The van der Waals surface area contributed by atoms with Gasteiger partial charge in [0.1, 0.15) is 17.5 Å². The van der Waals surface area contributed by atoms with Gasteiger partial charge in [0.25, 0.3) is 5.91 Å². The van der Waals surface area contributed by atoms with E-state index in [-0.39, 0.29) is 30.3 Å². The molecular formula is C25H32N6O6. The van der Waals surface area contributed by atoms with Gasteiger partial charge in [0.2, 0.25) is 5.95 Å². The molecule has 2 aromatic heterocycles. The largest absolute Gasteiger partial charge is 0.481 e. The first-order valence-corrected chi connectivity index (χ1v) is 12.0. The number of amides is 1. The molecule has 3 rings (SSSR count). The molecule has 0 spiro atoms. The average molecular weight is 513 g/mol. The van der Waals surface area contributed by atoms with E-state index >= 15 is 0 Å². The molecule has 8 N–H and O–H groups in total. The number of anilines is 2. The van der Waals surface area contributed by atoms with Crippen LogP contribution in [0.25, 0.3) is 11.0 Å². The van der Waals surface area contributed by atoms with E-state index in [9.17, 15) is 19.5 Å². The first-order valence-electron chi connectivity index (χ1n) is 12.0. The van der Waals surface area contributed by atoms with Crippen LogP contribution in [0.2, 0.25) is 0 Å². The van der Waals surface area contributed by atoms with Crippen LogP contribution in [-0.4, -0.2) is 62.3 Å². The lowest BCUT2D eigenvalue weighted by Gasteiger charge is -2.18. The molecule has 0 aliphatic heterocycles. The van der Waals surface area contributed by atoms with Gasteiger partial charge in [-0.15, -0.1) is 0 Å². The summed E-state index contributed by atoms with van der Waals surface area (Å²) in [5.74, 6) is -2.45. The number of nitrogen functional groups attached to an aromatic ring is 2. The fraction of sp³-hybridized carbons (Fsp3) is 0.400. The number of carboxylic acid groups (broad SMARTS) is 2. The minimum atomic E-state index is -1.29. The Labute approximate surface area is 213 Å². The molecule has 0 radical (unpaired) electrons. The van der Waals surface area contributed by atoms with E-state index in [1.165, 1.54) is 0 Å². The van der Waals surface area contributed by atoms with Crippen molar-refractivity contribution in [1.82, 2.24) is 20.3 Å². The normalized spacial score (nSPS) is 12.8. The van der Waals surface area contributed by atoms with Crippen molar-refractivity contribution in [3.63, 3.8) is 0 Å². The van der Waals surface area contributed by atoms with Crippen LogP contribution in [0.15, 0.2) is 30.5 Å². The zero-order valence-corrected chi connectivity index (χ0v) is 20.6. The third-order valence-corrected chi connectivity index (χ3v) is 6.13. The number of aromatic nitrogens is 3. The summed E-state index contributed by atoms with van der Waals surface area (Å²) in [5, 5.41) is 21.2. The molecule has 198 valence electrons. The van der Waals surface area contributed by atoms with Gasteiger partial charge in [-0.1, -0.05) is 12.1 Å². The molecule has 0 fully saturated rings. The molecule has 0 saturated heterocycles. The highest BCUT2D eigenvalue weighted by atomic mass is 16.5. The number of carbonyl (C=O) groups excluding carboxylic acids is 1. The van der Waals surface area contributed by atoms with Gasteiger partial charge in [0, 0.05) is 31.4 Å². The second kappa shape index (κ2) is 12.7. The monoisotopic (exact) mass is 512 g/mol. The van der Waals surface area contributed by atoms with Crippen molar-refractivity contribution in [2.45, 2.75) is 51.0 Å². The molecule has 0 saturated carbocycles. The Bertz CT molecular complexity index is 1240. The molecule has 0 bridgehead atoms. The average Bonchev–Trinajstić information content (AvgIpc) is 3.26. The number of nitrogens with two attached hydrogens (primary N) is 2. The predicted molar refractivity (Wildman–Crippen MR) is 137 cm³/mol. The number of fused-ring (bicyclic) bond motifs is 1. The van der Waals surface area contributed by atoms with Crippen molar-refractivity contribution in [2.75, 3.05) is 24.7 Å². The Morgan fingerprint density at radius 3 is 2.46 bits per heavy atom. The minimum absolute atomic E-state index is 0.105. The number of nitrogens with zero attached hydrogens (tertiary/aromatic N) is 2. The third-order valence-electron chi connectivity index (χ3n) is 6.13. The van der Waals surface area contributed by atoms with E-state index in [1.807, 2.05) is 25.3 Å². The number of nitrogens with one attached hydrogen (secondary N) is 2. The third kappa shape index (κ3) is 7.40. The molecule has 2 atom stereocenters. The summed E-state index contributed by atoms with van der Waals surface area (Å²) < 4.78 is 5.57. The van der Waals surface area contributed by atoms with E-state index < -0.39 is 23.9 Å². The molecule has 0 aliphatic rings. The number of benzene rings is 1. The fourth-order valence-corrected chi connectivity index (χ4v) is 4.19. The van der Waals surface area contributed by atoms with Crippen molar-refractivity contribution < 1.29 is 29.3 Å². The summed E-state index contributed by atoms with van der Waals surface area (Å²) in [6.07, 6.45) is 3.51. The first-order chi connectivity index (χ1) is 17.7. The van der Waals surface area contributed by atoms with Crippen LogP contribution in [-0.2, 0) is 20.7 Å². The summed E-state index contributed by atoms with van der Waals surface area (Å²) in [6, 6.07) is 5.66. The Hall–Kier alpha value is -4.19. The molecule has 1 unspecified atom stereocenters. The zero-order valence-electron chi connectivity index (χ0n) is 20.6. The Kier molecular flexibility index (Phi) is 9.39. The standard InChI is InChI=1S/C25H32N6O6/c1-2-37-12-11-15(5-8-17-13-28-22-20(17)21(26)30-25(27)31-22)14-3-6-16(7-4-14)23(34)29-18(24(35)36)9-10-19(32)33/h3-4,6-7,13,15,18H,2,5,8-12H2,1H3,(H,29,34)(H,32,33)(H,35,36)(H5,26,27,28,30,31)/t15?,18-/m0/s1. The van der Waals surface area contributed by atoms with Crippen molar-refractivity contribution in [3.05, 3.63) is 47.2 Å². The summed E-state index contributed by atoms with van der Waals surface area (Å²) in [5.41, 5.74) is 14.6. The number of rotatable bonds is 14. The number of carbonyl (C=O) groups is 3. The van der Waals surface area contributed by atoms with Crippen molar-refractivity contribution in [3.8, 4) is 0 Å². The molecule has 1 amide bonds. The Balaban J connectivity index is 1.72. The van der Waals surface area contributed by atoms with Gasteiger partial charge in [-0.25, -0.2) is 4.79 Å². The zero-order chi connectivity index (χ0) is 26.9. The molecular weight excluding hydrogens is 480 g/mol. The maximum atomic E-state index is 12.6. The van der Waals surface area contributed by atoms with Gasteiger partial charge in [0.05, 0.1) is 5.39 Å². The highest BCUT2D eigenvalue weighted by Gasteiger charge is 2.22. The molecule has 37 heavy (non-hydrogen) atoms. The number of aryl methyl sites for hydroxylation is 1. The van der Waals surface area contributed by atoms with Crippen LogP contribution in [0.4, 0.5) is 11.8 Å². The van der Waals surface area contributed by atoms with E-state index in [0.29, 0.717) is 31.1 Å². The predicted octanol–water partition coefficient (Wildman–Crippen LogP) is 2.31. The van der Waals surface area contributed by atoms with Crippen molar-refractivity contribution in [2.24, 2.45) is 0 Å². The second-order valence-electron chi connectivity index (χ2n) is 8.64. The van der Waals surface area contributed by atoms with Gasteiger partial charge in [-0.05, 0) is 61.8 Å². The molecule has 12 nitrogen and oxygen atoms in total. The summed E-state index contributed by atoms with van der Waals surface area (Å²) >= 11 is 0. The smallest absolute Gasteiger partial charge is 0.326 e. The molecule has 12 heteroatoms. The molecule has 3 aromatic rings. The SMILES string of the molecule is CCOCCC(CCc1c[nH]c2nc(N)nc(N)c12)c1ccc(C(=O)N[C@@H](CCC(=O)O)C(=O)O)cc1. The van der Waals surface area contributed by atoms with Crippen LogP contribution in [0.1, 0.15) is 60.0 Å². The number of ether oxygens (including phenoxy) is 1. The van der Waals surface area contributed by atoms with Gasteiger partial charge in [0.15, 0.2) is 0 Å². The van der Waals surface area contributed by atoms with Crippen molar-refractivity contribution in [1.29, 1.82) is 0 Å². The molecule has 1 aromatic carbocycles. The van der Waals surface area contributed by atoms with Crippen LogP contribution >= 0.6 is 0 Å². The van der Waals surface area contributed by atoms with E-state index in [0.717, 1.165) is 29.4 Å². The number of aromatic amines is 1. The summed E-state index contributed by atoms with van der Waals surface area (Å²) in [7, 11) is 0. The Morgan fingerprint density at radius 2 is 1.81 bits per heavy atom. The highest BCUT2D eigenvalue weighted by Crippen LogP contribution is 2.29. The molecule has 2 heterocycles. The van der Waals surface area contributed by atoms with E-state index in [2.05, 4.69) is 20.3 Å². The number of carboxylic acids is 2. The topological polar surface area (TPSA) is 207 Å². The van der Waals surface area contributed by atoms with Crippen LogP contribution < -0.4 is 16.8 Å². The van der Waals surface area contributed by atoms with Crippen LogP contribution in [0, 0.1) is 0 Å². The fourth-order valence-electron chi connectivity index (χ4n) is 4.19. The number of aliphatic carboxylic acids is 2. The highest BCUT2D eigenvalue weighted by molar-refractivity contribution is 5.96. The van der Waals surface area contributed by atoms with Gasteiger partial charge in [-0.2, -0.15) is 9.97 Å². The van der Waals surface area contributed by atoms with Crippen LogP contribution in [0.5, 0.6) is 0 Å². The first kappa shape index (κ1) is 27.4. The maximum Gasteiger partial charge on any atom is 0.326 e. The maximum absolute atomic E-state index is 12.6. The van der Waals surface area contributed by atoms with Gasteiger partial charge >= 0.3 is 11.9 Å². The lowest BCUT2D eigenvalue weighted by Crippen LogP contribution is -2.41. The lowest BCUT2D eigenvalue weighted by atomic mass is 9.89. The summed E-state index contributed by atoms with van der Waals surface area (Å²) in [4.78, 5) is 46.1. The van der Waals surface area contributed by atoms with E-state index in [4.69, 9.17) is 21.3 Å². The lowest BCUT2D eigenvalue weighted by molar-refractivity contribution is -0.140. The summed E-state index contributed by atoms with van der Waals surface area (Å²) in [6.45, 7) is 3.11. The van der Waals surface area contributed by atoms with Gasteiger partial charge < -0.3 is 36.7 Å². The number of H-pyrrole nitrogens is 1. The van der Waals surface area contributed by atoms with Gasteiger partial charge in [-0.3, -0.25) is 9.59 Å². The number of hydrogen-bond acceptors (Lipinski definition) is 8. The minimum Gasteiger partial charge on any atom is -0.481 e. The number of hydrogen-bond donors (Lipinski definition) is 6.